The Morgan fingerprint density at radius 1 is 1.31 bits per heavy atom. The van der Waals surface area contributed by atoms with E-state index in [4.69, 9.17) is 0 Å². The maximum atomic E-state index is 12.5. The molecule has 0 fully saturated rings. The van der Waals surface area contributed by atoms with E-state index < -0.39 is 11.0 Å². The minimum absolute atomic E-state index is 0.571. The van der Waals surface area contributed by atoms with E-state index in [1.54, 1.807) is 11.3 Å². The van der Waals surface area contributed by atoms with Crippen molar-refractivity contribution >= 4 is 53.2 Å². The van der Waals surface area contributed by atoms with Gasteiger partial charge in [0.15, 0.2) is 0 Å². The number of benzene rings is 1. The van der Waals surface area contributed by atoms with E-state index in [1.807, 2.05) is 53.2 Å². The van der Waals surface area contributed by atoms with Crippen LogP contribution in [0.3, 0.4) is 0 Å². The molecule has 0 aliphatic carbocycles. The van der Waals surface area contributed by atoms with Crippen LogP contribution in [-0.2, 0) is 11.0 Å². The molecule has 1 aromatic carbocycles. The maximum absolute atomic E-state index is 12.5. The van der Waals surface area contributed by atoms with Crippen LogP contribution in [0, 0.1) is 0 Å². The number of rotatable bonds is 10. The molecule has 8 heteroatoms. The highest BCUT2D eigenvalue weighted by molar-refractivity contribution is 8.02. The predicted molar refractivity (Wildman–Crippen MR) is 116 cm³/mol. The Labute approximate surface area is 165 Å². The summed E-state index contributed by atoms with van der Waals surface area (Å²) in [6.07, 6.45) is 0. The molecule has 5 nitrogen and oxygen atoms in total. The molecule has 0 aliphatic rings. The summed E-state index contributed by atoms with van der Waals surface area (Å²) in [6, 6.07) is 7.72. The zero-order valence-corrected chi connectivity index (χ0v) is 17.4. The van der Waals surface area contributed by atoms with E-state index in [0.29, 0.717) is 5.88 Å². The van der Waals surface area contributed by atoms with E-state index in [9.17, 15) is 4.21 Å². The summed E-state index contributed by atoms with van der Waals surface area (Å²) in [5.41, 5.74) is 2.50. The van der Waals surface area contributed by atoms with Crippen molar-refractivity contribution in [1.82, 2.24) is 9.29 Å². The van der Waals surface area contributed by atoms with Crippen LogP contribution in [0.1, 0.15) is 19.5 Å². The summed E-state index contributed by atoms with van der Waals surface area (Å²) in [7, 11) is -1.13. The van der Waals surface area contributed by atoms with Gasteiger partial charge in [-0.15, -0.1) is 23.1 Å². The van der Waals surface area contributed by atoms with Gasteiger partial charge in [0.25, 0.3) is 0 Å². The first-order valence-electron chi connectivity index (χ1n) is 8.08. The Morgan fingerprint density at radius 3 is 2.58 bits per heavy atom. The molecule has 0 amide bonds. The maximum Gasteiger partial charge on any atom is 0.127 e. The Balaban J connectivity index is 2.18. The van der Waals surface area contributed by atoms with Gasteiger partial charge in [-0.1, -0.05) is 26.0 Å². The second kappa shape index (κ2) is 10.5. The number of thiazole rings is 1. The Kier molecular flexibility index (Phi) is 8.37. The second-order valence-electron chi connectivity index (χ2n) is 5.11. The van der Waals surface area contributed by atoms with E-state index in [1.165, 1.54) is 11.8 Å². The molecule has 1 atom stereocenters. The highest BCUT2D eigenvalue weighted by Crippen LogP contribution is 2.29. The average Bonchev–Trinajstić information content (AvgIpc) is 3.16. The van der Waals surface area contributed by atoms with Crippen LogP contribution in [0.2, 0.25) is 0 Å². The van der Waals surface area contributed by atoms with E-state index >= 15 is 0 Å². The van der Waals surface area contributed by atoms with Crippen LogP contribution in [0.25, 0.3) is 16.3 Å². The lowest BCUT2D eigenvalue weighted by Crippen LogP contribution is -2.25. The summed E-state index contributed by atoms with van der Waals surface area (Å²) >= 11 is 3.04. The van der Waals surface area contributed by atoms with Gasteiger partial charge in [-0.05, 0) is 25.6 Å². The van der Waals surface area contributed by atoms with Crippen molar-refractivity contribution in [2.24, 2.45) is 9.98 Å². The lowest BCUT2D eigenvalue weighted by Gasteiger charge is -2.16. The van der Waals surface area contributed by atoms with Gasteiger partial charge in [0.2, 0.25) is 0 Å². The highest BCUT2D eigenvalue weighted by Gasteiger charge is 2.13. The van der Waals surface area contributed by atoms with Gasteiger partial charge in [0.05, 0.1) is 16.5 Å². The molecule has 0 bridgehead atoms. The fourth-order valence-electron chi connectivity index (χ4n) is 2.19. The number of hydrogen-bond acceptors (Lipinski definition) is 6. The van der Waals surface area contributed by atoms with Crippen molar-refractivity contribution in [3.63, 3.8) is 0 Å². The zero-order chi connectivity index (χ0) is 18.9. The molecule has 0 saturated heterocycles. The lowest BCUT2D eigenvalue weighted by molar-refractivity contribution is 0.489. The molecule has 1 unspecified atom stereocenters. The number of thioether (sulfide) groups is 1. The van der Waals surface area contributed by atoms with Crippen molar-refractivity contribution < 1.29 is 4.21 Å². The van der Waals surface area contributed by atoms with Crippen LogP contribution >= 0.6 is 23.1 Å². The van der Waals surface area contributed by atoms with Gasteiger partial charge >= 0.3 is 0 Å². The Morgan fingerprint density at radius 2 is 2.00 bits per heavy atom. The Hall–Kier alpha value is -1.61. The fourth-order valence-corrected chi connectivity index (χ4v) is 4.68. The highest BCUT2D eigenvalue weighted by atomic mass is 32.2. The third kappa shape index (κ3) is 5.20. The fraction of sp³-hybridized carbons (Fsp3) is 0.278. The minimum atomic E-state index is -1.13. The summed E-state index contributed by atoms with van der Waals surface area (Å²) in [5, 5.41) is 4.73. The summed E-state index contributed by atoms with van der Waals surface area (Å²) in [6.45, 7) is 12.6. The summed E-state index contributed by atoms with van der Waals surface area (Å²) in [5.74, 6) is 0.571. The second-order valence-corrected chi connectivity index (χ2v) is 8.28. The first-order chi connectivity index (χ1) is 12.6. The van der Waals surface area contributed by atoms with Crippen LogP contribution in [-0.4, -0.2) is 45.9 Å². The molecule has 2 aromatic rings. The molecule has 2 rings (SSSR count). The normalized spacial score (nSPS) is 13.0. The van der Waals surface area contributed by atoms with Crippen molar-refractivity contribution in [3.8, 4) is 10.6 Å². The zero-order valence-electron chi connectivity index (χ0n) is 14.9. The third-order valence-corrected chi connectivity index (χ3v) is 6.81. The molecule has 0 N–H and O–H groups in total. The van der Waals surface area contributed by atoms with Crippen LogP contribution < -0.4 is 0 Å². The van der Waals surface area contributed by atoms with Gasteiger partial charge < -0.3 is 0 Å². The van der Waals surface area contributed by atoms with Crippen molar-refractivity contribution in [2.45, 2.75) is 18.7 Å². The van der Waals surface area contributed by atoms with Crippen LogP contribution in [0.5, 0.6) is 0 Å². The summed E-state index contributed by atoms with van der Waals surface area (Å²) in [4.78, 5) is 13.3. The molecule has 1 heterocycles. The molecule has 26 heavy (non-hydrogen) atoms. The molecule has 138 valence electrons. The van der Waals surface area contributed by atoms with Crippen molar-refractivity contribution in [1.29, 1.82) is 0 Å². The van der Waals surface area contributed by atoms with Gasteiger partial charge in [0.1, 0.15) is 21.7 Å². The van der Waals surface area contributed by atoms with Crippen molar-refractivity contribution in [3.05, 3.63) is 40.7 Å². The first-order valence-corrected chi connectivity index (χ1v) is 11.1. The van der Waals surface area contributed by atoms with E-state index in [-0.39, 0.29) is 0 Å². The lowest BCUT2D eigenvalue weighted by atomic mass is 10.2. The third-order valence-electron chi connectivity index (χ3n) is 3.54. The molecular weight excluding hydrogens is 384 g/mol. The number of hydrogen-bond donors (Lipinski definition) is 0. The van der Waals surface area contributed by atoms with Gasteiger partial charge in [0, 0.05) is 29.4 Å². The first kappa shape index (κ1) is 20.7. The van der Waals surface area contributed by atoms with Gasteiger partial charge in [-0.2, -0.15) is 0 Å². The molecule has 0 radical (unpaired) electrons. The molecule has 0 saturated carbocycles. The largest absolute Gasteiger partial charge is 0.290 e. The number of aromatic nitrogens is 1. The number of aliphatic imine (C=N–C) groups is 2. The standard InChI is InChI=1S/C18H22N4OS3/c1-5-22(6-2)26(23)15-9-7-14(8-10-15)18-21-17(12-25-18)16(20-4)11-24-13-19-3/h7-12H,3-6,13H2,1-2H3/b16-11-. The van der Waals surface area contributed by atoms with Crippen LogP contribution in [0.4, 0.5) is 0 Å². The predicted octanol–water partition coefficient (Wildman–Crippen LogP) is 4.56. The smallest absolute Gasteiger partial charge is 0.127 e. The monoisotopic (exact) mass is 406 g/mol. The molecular formula is C18H22N4OS3. The van der Waals surface area contributed by atoms with Crippen molar-refractivity contribution in [2.75, 3.05) is 19.0 Å². The SMILES string of the molecule is C=NCS/C=C(\N=C)c1csc(-c2ccc(S(=O)N(CC)CC)cc2)n1. The quantitative estimate of drug-likeness (QED) is 0.429. The number of nitrogens with zero attached hydrogens (tertiary/aromatic N) is 4. The average molecular weight is 407 g/mol. The van der Waals surface area contributed by atoms with E-state index in [2.05, 4.69) is 28.4 Å². The summed E-state index contributed by atoms with van der Waals surface area (Å²) < 4.78 is 14.4. The molecule has 1 aromatic heterocycles. The molecule has 0 aliphatic heterocycles. The van der Waals surface area contributed by atoms with E-state index in [0.717, 1.165) is 39.9 Å². The van der Waals surface area contributed by atoms with Gasteiger partial charge in [-0.3, -0.25) is 9.98 Å². The van der Waals surface area contributed by atoms with Gasteiger partial charge in [-0.25, -0.2) is 13.5 Å². The topological polar surface area (TPSA) is 57.9 Å². The van der Waals surface area contributed by atoms with Crippen LogP contribution in [0.15, 0.2) is 49.9 Å². The Bertz CT molecular complexity index is 795. The molecule has 0 spiro atoms. The minimum Gasteiger partial charge on any atom is -0.290 e.